The molecule has 90 valence electrons. The average Bonchev–Trinajstić information content (AvgIpc) is 2.30. The zero-order valence-corrected chi connectivity index (χ0v) is 11.4. The maximum absolute atomic E-state index is 6.07. The summed E-state index contributed by atoms with van der Waals surface area (Å²) in [6.07, 6.45) is -3.24. The van der Waals surface area contributed by atoms with E-state index >= 15 is 0 Å². The Morgan fingerprint density at radius 2 is 1.00 bits per heavy atom. The van der Waals surface area contributed by atoms with Crippen LogP contribution in [0.25, 0.3) is 0 Å². The van der Waals surface area contributed by atoms with Gasteiger partial charge >= 0.3 is 110 Å². The average molecular weight is 289 g/mol. The van der Waals surface area contributed by atoms with Crippen LogP contribution in [-0.2, 0) is 0 Å². The monoisotopic (exact) mass is 288 g/mol. The molecule has 0 saturated carbocycles. The van der Waals surface area contributed by atoms with Crippen molar-refractivity contribution >= 4 is 28.9 Å². The molecule has 5 heteroatoms. The summed E-state index contributed by atoms with van der Waals surface area (Å²) in [7, 11) is 0. The Morgan fingerprint density at radius 3 is 1.35 bits per heavy atom. The van der Waals surface area contributed by atoms with Gasteiger partial charge in [-0.25, -0.2) is 0 Å². The molecule has 17 heavy (non-hydrogen) atoms. The van der Waals surface area contributed by atoms with E-state index in [2.05, 4.69) is 0 Å². The molecule has 0 aliphatic rings. The van der Waals surface area contributed by atoms with E-state index in [9.17, 15) is 0 Å². The van der Waals surface area contributed by atoms with Crippen molar-refractivity contribution in [2.24, 2.45) is 0 Å². The van der Waals surface area contributed by atoms with Crippen LogP contribution in [-0.4, -0.2) is 0 Å². The molecule has 0 aliphatic heterocycles. The second-order valence-corrected chi connectivity index (χ2v) is 8.19. The molecule has 0 heterocycles. The molecule has 0 bridgehead atoms. The molecule has 0 aliphatic carbocycles. The van der Waals surface area contributed by atoms with Crippen molar-refractivity contribution in [3.63, 3.8) is 0 Å². The van der Waals surface area contributed by atoms with Crippen LogP contribution in [0.1, 0.15) is 0 Å². The van der Waals surface area contributed by atoms with Gasteiger partial charge in [-0.15, -0.1) is 0 Å². The number of halogens is 2. The summed E-state index contributed by atoms with van der Waals surface area (Å²) in [6, 6.07) is 18.3. The molecule has 2 aromatic rings. The van der Waals surface area contributed by atoms with Crippen LogP contribution < -0.4 is 9.05 Å². The summed E-state index contributed by atoms with van der Waals surface area (Å²) < 4.78 is 10.9. The van der Waals surface area contributed by atoms with Gasteiger partial charge in [0, 0.05) is 0 Å². The molecule has 0 atom stereocenters. The predicted octanol–water partition coefficient (Wildman–Crippen LogP) is 5.03. The van der Waals surface area contributed by atoms with Gasteiger partial charge in [-0.05, 0) is 0 Å². The topological polar surface area (TPSA) is 18.5 Å². The van der Waals surface area contributed by atoms with E-state index in [1.54, 1.807) is 24.3 Å². The van der Waals surface area contributed by atoms with Gasteiger partial charge in [-0.2, -0.15) is 0 Å². The molecule has 0 amide bonds. The van der Waals surface area contributed by atoms with Gasteiger partial charge in [0.2, 0.25) is 0 Å². The number of para-hydroxylation sites is 2. The molecule has 0 spiro atoms. The number of hydrogen-bond acceptors (Lipinski definition) is 2. The molecule has 2 aromatic carbocycles. The summed E-state index contributed by atoms with van der Waals surface area (Å²) >= 11 is 12.1. The Balaban J connectivity index is 2.04. The molecule has 0 fully saturated rings. The van der Waals surface area contributed by atoms with Crippen LogP contribution in [0.15, 0.2) is 60.7 Å². The Labute approximate surface area is 110 Å². The summed E-state index contributed by atoms with van der Waals surface area (Å²) in [4.78, 5) is 0. The van der Waals surface area contributed by atoms with Crippen LogP contribution in [0.3, 0.4) is 0 Å². The Kier molecular flexibility index (Phi) is 4.11. The Bertz CT molecular complexity index is 419. The third-order valence-corrected chi connectivity index (χ3v) is 3.83. The maximum atomic E-state index is 6.07. The quantitative estimate of drug-likeness (QED) is 0.735. The fraction of sp³-hybridized carbons (Fsp3) is 0. The molecule has 0 aromatic heterocycles. The summed E-state index contributed by atoms with van der Waals surface area (Å²) in [5.41, 5.74) is 0. The van der Waals surface area contributed by atoms with Crippen LogP contribution in [0, 0.1) is 0 Å². The number of hydrogen-bond donors (Lipinski definition) is 0. The van der Waals surface area contributed by atoms with Crippen molar-refractivity contribution < 1.29 is 9.05 Å². The zero-order chi connectivity index (χ0) is 12.1. The minimum absolute atomic E-state index is 0.597. The fourth-order valence-electron chi connectivity index (χ4n) is 1.27. The van der Waals surface area contributed by atoms with Crippen molar-refractivity contribution in [1.82, 2.24) is 0 Å². The van der Waals surface area contributed by atoms with E-state index in [1.807, 2.05) is 36.4 Å². The Morgan fingerprint density at radius 1 is 0.647 bits per heavy atom. The van der Waals surface area contributed by atoms with Crippen molar-refractivity contribution in [3.8, 4) is 11.5 Å². The first-order valence-electron chi connectivity index (χ1n) is 5.02. The molecular weight excluding hydrogens is 278 g/mol. The van der Waals surface area contributed by atoms with Gasteiger partial charge in [-0.3, -0.25) is 0 Å². The number of rotatable bonds is 4. The van der Waals surface area contributed by atoms with Gasteiger partial charge in [0.1, 0.15) is 0 Å². The summed E-state index contributed by atoms with van der Waals surface area (Å²) in [5, 5.41) is 0. The van der Waals surface area contributed by atoms with Gasteiger partial charge < -0.3 is 0 Å². The number of benzene rings is 2. The van der Waals surface area contributed by atoms with E-state index in [4.69, 9.17) is 31.5 Å². The van der Waals surface area contributed by atoms with Gasteiger partial charge in [-0.1, -0.05) is 0 Å². The molecule has 0 N–H and O–H groups in total. The first kappa shape index (κ1) is 12.5. The normalized spacial score (nSPS) is 11.9. The molecule has 0 radical (unpaired) electrons. The summed E-state index contributed by atoms with van der Waals surface area (Å²) in [5.74, 6) is 1.19. The molecule has 0 unspecified atom stereocenters. The van der Waals surface area contributed by atoms with E-state index in [1.165, 1.54) is 0 Å². The van der Waals surface area contributed by atoms with Crippen molar-refractivity contribution in [2.75, 3.05) is 0 Å². The van der Waals surface area contributed by atoms with E-state index in [0.29, 0.717) is 11.5 Å². The molecule has 2 rings (SSSR count). The standard InChI is InChI=1S/C12H11Cl2O2P/c13-17(14,15-11-7-3-1-4-8-11)16-12-9-5-2-6-10-12/h1-10,17H. The third-order valence-electron chi connectivity index (χ3n) is 1.96. The molecular formula is C12H11Cl2O2P. The van der Waals surface area contributed by atoms with E-state index in [0.717, 1.165) is 0 Å². The van der Waals surface area contributed by atoms with Crippen LogP contribution >= 0.6 is 28.9 Å². The van der Waals surface area contributed by atoms with E-state index < -0.39 is 6.42 Å². The molecule has 0 saturated heterocycles. The minimum atomic E-state index is -3.24. The van der Waals surface area contributed by atoms with E-state index in [-0.39, 0.29) is 0 Å². The van der Waals surface area contributed by atoms with Crippen LogP contribution in [0.4, 0.5) is 0 Å². The van der Waals surface area contributed by atoms with Crippen molar-refractivity contribution in [2.45, 2.75) is 0 Å². The van der Waals surface area contributed by atoms with Gasteiger partial charge in [0.15, 0.2) is 0 Å². The van der Waals surface area contributed by atoms with Crippen LogP contribution in [0.2, 0.25) is 0 Å². The predicted molar refractivity (Wildman–Crippen MR) is 74.2 cm³/mol. The Hall–Kier alpha value is -0.950. The third kappa shape index (κ3) is 4.08. The molecule has 2 nitrogen and oxygen atoms in total. The first-order valence-corrected chi connectivity index (χ1v) is 8.86. The van der Waals surface area contributed by atoms with Crippen molar-refractivity contribution in [3.05, 3.63) is 60.7 Å². The fourth-order valence-corrected chi connectivity index (χ4v) is 3.20. The van der Waals surface area contributed by atoms with Crippen LogP contribution in [0.5, 0.6) is 11.5 Å². The second kappa shape index (κ2) is 5.59. The second-order valence-electron chi connectivity index (χ2n) is 3.29. The van der Waals surface area contributed by atoms with Gasteiger partial charge in [0.05, 0.1) is 0 Å². The summed E-state index contributed by atoms with van der Waals surface area (Å²) in [6.45, 7) is 0. The zero-order valence-electron chi connectivity index (χ0n) is 8.85. The first-order chi connectivity index (χ1) is 8.16. The van der Waals surface area contributed by atoms with Gasteiger partial charge in [0.25, 0.3) is 0 Å². The SMILES string of the molecule is Cl[PH](Cl)(Oc1ccccc1)Oc1ccccc1. The van der Waals surface area contributed by atoms with Crippen molar-refractivity contribution in [1.29, 1.82) is 0 Å².